The van der Waals surface area contributed by atoms with E-state index in [0.717, 1.165) is 18.4 Å². The van der Waals surface area contributed by atoms with Gasteiger partial charge in [0.25, 0.3) is 0 Å². The molecule has 0 atom stereocenters. The third kappa shape index (κ3) is 5.11. The first kappa shape index (κ1) is 14.2. The third-order valence-electron chi connectivity index (χ3n) is 3.66. The highest BCUT2D eigenvalue weighted by molar-refractivity contribution is 5.95. The van der Waals surface area contributed by atoms with Crippen LogP contribution in [-0.2, 0) is 0 Å². The van der Waals surface area contributed by atoms with Crippen LogP contribution in [-0.4, -0.2) is 35.3 Å². The first-order valence-corrected chi connectivity index (χ1v) is 7.33. The highest BCUT2D eigenvalue weighted by atomic mass is 16.1. The van der Waals surface area contributed by atoms with E-state index in [4.69, 9.17) is 0 Å². The summed E-state index contributed by atoms with van der Waals surface area (Å²) in [4.78, 5) is 18.4. The second-order valence-electron chi connectivity index (χ2n) is 5.18. The van der Waals surface area contributed by atoms with Crippen LogP contribution < -0.4 is 0 Å². The molecule has 0 aliphatic carbocycles. The maximum Gasteiger partial charge on any atom is 0.164 e. The zero-order chi connectivity index (χ0) is 13.3. The quantitative estimate of drug-likeness (QED) is 0.557. The van der Waals surface area contributed by atoms with Crippen molar-refractivity contribution in [1.82, 2.24) is 9.88 Å². The van der Waals surface area contributed by atoms with Crippen LogP contribution in [0.3, 0.4) is 0 Å². The Labute approximate surface area is 116 Å². The summed E-state index contributed by atoms with van der Waals surface area (Å²) >= 11 is 0. The van der Waals surface area contributed by atoms with Crippen molar-refractivity contribution in [3.05, 3.63) is 36.5 Å². The SMILES string of the molecule is O=C(CCCCCN1CC[CH]CC1)c1cccnc1. The van der Waals surface area contributed by atoms with Crippen LogP contribution in [0.1, 0.15) is 48.9 Å². The van der Waals surface area contributed by atoms with E-state index in [1.807, 2.05) is 12.1 Å². The molecule has 1 aliphatic heterocycles. The summed E-state index contributed by atoms with van der Waals surface area (Å²) in [5, 5.41) is 0. The molecular formula is C16H23N2O. The molecule has 1 aromatic rings. The second-order valence-corrected chi connectivity index (χ2v) is 5.18. The van der Waals surface area contributed by atoms with E-state index in [-0.39, 0.29) is 5.78 Å². The molecule has 0 aromatic carbocycles. The molecule has 1 aromatic heterocycles. The molecule has 3 nitrogen and oxygen atoms in total. The Morgan fingerprint density at radius 1 is 1.21 bits per heavy atom. The van der Waals surface area contributed by atoms with E-state index in [2.05, 4.69) is 16.3 Å². The van der Waals surface area contributed by atoms with Crippen LogP contribution in [0.2, 0.25) is 0 Å². The predicted octanol–water partition coefficient (Wildman–Crippen LogP) is 3.12. The first-order valence-electron chi connectivity index (χ1n) is 7.33. The van der Waals surface area contributed by atoms with E-state index >= 15 is 0 Å². The molecule has 1 radical (unpaired) electrons. The summed E-state index contributed by atoms with van der Waals surface area (Å²) in [5.74, 6) is 0.223. The molecule has 0 bridgehead atoms. The molecular weight excluding hydrogens is 236 g/mol. The van der Waals surface area contributed by atoms with E-state index in [9.17, 15) is 4.79 Å². The van der Waals surface area contributed by atoms with Gasteiger partial charge in [0, 0.05) is 24.4 Å². The van der Waals surface area contributed by atoms with Crippen LogP contribution in [0.5, 0.6) is 0 Å². The highest BCUT2D eigenvalue weighted by Gasteiger charge is 2.09. The van der Waals surface area contributed by atoms with Gasteiger partial charge in [-0.05, 0) is 63.9 Å². The van der Waals surface area contributed by atoms with E-state index in [0.29, 0.717) is 6.42 Å². The monoisotopic (exact) mass is 259 g/mol. The number of ketones is 1. The summed E-state index contributed by atoms with van der Waals surface area (Å²) < 4.78 is 0. The van der Waals surface area contributed by atoms with Crippen molar-refractivity contribution in [2.75, 3.05) is 19.6 Å². The van der Waals surface area contributed by atoms with E-state index < -0.39 is 0 Å². The molecule has 1 fully saturated rings. The van der Waals surface area contributed by atoms with Gasteiger partial charge in [-0.3, -0.25) is 9.78 Å². The minimum absolute atomic E-state index is 0.223. The molecule has 103 valence electrons. The molecule has 0 saturated carbocycles. The Hall–Kier alpha value is -1.22. The number of pyridine rings is 1. The summed E-state index contributed by atoms with van der Waals surface area (Å²) in [6, 6.07) is 3.67. The minimum atomic E-state index is 0.223. The lowest BCUT2D eigenvalue weighted by molar-refractivity contribution is 0.0978. The molecule has 2 heterocycles. The number of rotatable bonds is 7. The van der Waals surface area contributed by atoms with Gasteiger partial charge in [-0.2, -0.15) is 0 Å². The fourth-order valence-corrected chi connectivity index (χ4v) is 2.50. The Morgan fingerprint density at radius 3 is 2.79 bits per heavy atom. The predicted molar refractivity (Wildman–Crippen MR) is 77.0 cm³/mol. The van der Waals surface area contributed by atoms with Crippen molar-refractivity contribution in [2.24, 2.45) is 0 Å². The number of carbonyl (C=O) groups is 1. The maximum absolute atomic E-state index is 11.9. The number of hydrogen-bond donors (Lipinski definition) is 0. The van der Waals surface area contributed by atoms with Crippen LogP contribution in [0.25, 0.3) is 0 Å². The molecule has 1 aliphatic rings. The first-order chi connectivity index (χ1) is 9.36. The molecule has 2 rings (SSSR count). The molecule has 0 amide bonds. The zero-order valence-electron chi connectivity index (χ0n) is 11.6. The lowest BCUT2D eigenvalue weighted by Gasteiger charge is -2.26. The fraction of sp³-hybridized carbons (Fsp3) is 0.562. The van der Waals surface area contributed by atoms with Gasteiger partial charge < -0.3 is 4.90 Å². The Morgan fingerprint density at radius 2 is 2.05 bits per heavy atom. The number of hydrogen-bond acceptors (Lipinski definition) is 3. The third-order valence-corrected chi connectivity index (χ3v) is 3.66. The van der Waals surface area contributed by atoms with Crippen molar-refractivity contribution < 1.29 is 4.79 Å². The van der Waals surface area contributed by atoms with Gasteiger partial charge >= 0.3 is 0 Å². The van der Waals surface area contributed by atoms with Gasteiger partial charge in [-0.1, -0.05) is 6.42 Å². The van der Waals surface area contributed by atoms with Gasteiger partial charge in [-0.15, -0.1) is 0 Å². The number of Topliss-reactive ketones (excluding diaryl/α,β-unsaturated/α-hetero) is 1. The van der Waals surface area contributed by atoms with E-state index in [1.165, 1.54) is 38.9 Å². The fourth-order valence-electron chi connectivity index (χ4n) is 2.50. The molecule has 1 saturated heterocycles. The normalized spacial score (nSPS) is 16.4. The zero-order valence-corrected chi connectivity index (χ0v) is 11.6. The Kier molecular flexibility index (Phi) is 6.02. The number of likely N-dealkylation sites (tertiary alicyclic amines) is 1. The van der Waals surface area contributed by atoms with Gasteiger partial charge in [-0.25, -0.2) is 0 Å². The van der Waals surface area contributed by atoms with Crippen LogP contribution in [0.15, 0.2) is 24.5 Å². The largest absolute Gasteiger partial charge is 0.303 e. The van der Waals surface area contributed by atoms with Crippen molar-refractivity contribution in [3.63, 3.8) is 0 Å². The smallest absolute Gasteiger partial charge is 0.164 e. The number of piperidine rings is 1. The Balaban J connectivity index is 1.55. The van der Waals surface area contributed by atoms with E-state index in [1.54, 1.807) is 12.4 Å². The molecule has 3 heteroatoms. The van der Waals surface area contributed by atoms with Crippen molar-refractivity contribution in [3.8, 4) is 0 Å². The van der Waals surface area contributed by atoms with Crippen LogP contribution in [0, 0.1) is 6.42 Å². The Bertz CT molecular complexity index is 372. The molecule has 19 heavy (non-hydrogen) atoms. The van der Waals surface area contributed by atoms with Gasteiger partial charge in [0.1, 0.15) is 0 Å². The van der Waals surface area contributed by atoms with Crippen LogP contribution >= 0.6 is 0 Å². The lowest BCUT2D eigenvalue weighted by Crippen LogP contribution is -2.30. The summed E-state index contributed by atoms with van der Waals surface area (Å²) in [6.45, 7) is 3.62. The van der Waals surface area contributed by atoms with Crippen LogP contribution in [0.4, 0.5) is 0 Å². The summed E-state index contributed by atoms with van der Waals surface area (Å²) in [6.07, 6.45) is 12.2. The lowest BCUT2D eigenvalue weighted by atomic mass is 10.1. The van der Waals surface area contributed by atoms with Gasteiger partial charge in [0.05, 0.1) is 0 Å². The molecule has 0 N–H and O–H groups in total. The molecule has 0 unspecified atom stereocenters. The second kappa shape index (κ2) is 8.05. The van der Waals surface area contributed by atoms with Crippen molar-refractivity contribution in [2.45, 2.75) is 38.5 Å². The van der Waals surface area contributed by atoms with Crippen molar-refractivity contribution in [1.29, 1.82) is 0 Å². The topological polar surface area (TPSA) is 33.2 Å². The maximum atomic E-state index is 11.9. The molecule has 0 spiro atoms. The summed E-state index contributed by atoms with van der Waals surface area (Å²) in [5.41, 5.74) is 0.745. The standard InChI is InChI=1S/C16H23N2O/c19-16(15-8-7-10-17-14-15)9-3-1-4-11-18-12-5-2-6-13-18/h2,7-8,10,14H,1,3-6,9,11-13H2. The van der Waals surface area contributed by atoms with Gasteiger partial charge in [0.2, 0.25) is 0 Å². The highest BCUT2D eigenvalue weighted by Crippen LogP contribution is 2.11. The summed E-state index contributed by atoms with van der Waals surface area (Å²) in [7, 11) is 0. The average molecular weight is 259 g/mol. The minimum Gasteiger partial charge on any atom is -0.303 e. The number of aromatic nitrogens is 1. The van der Waals surface area contributed by atoms with Crippen molar-refractivity contribution >= 4 is 5.78 Å². The number of carbonyl (C=O) groups excluding carboxylic acids is 1. The number of unbranched alkanes of at least 4 members (excludes halogenated alkanes) is 2. The average Bonchev–Trinajstić information content (AvgIpc) is 2.49. The number of nitrogens with zero attached hydrogens (tertiary/aromatic N) is 2. The van der Waals surface area contributed by atoms with Gasteiger partial charge in [0.15, 0.2) is 5.78 Å².